The highest BCUT2D eigenvalue weighted by atomic mass is 19.1. The maximum atomic E-state index is 12.9. The van der Waals surface area contributed by atoms with Gasteiger partial charge in [-0.1, -0.05) is 13.8 Å². The van der Waals surface area contributed by atoms with Crippen LogP contribution in [0.4, 0.5) is 10.1 Å². The van der Waals surface area contributed by atoms with E-state index < -0.39 is 0 Å². The molecule has 3 nitrogen and oxygen atoms in total. The normalized spacial score (nSPS) is 18.9. The number of hydrogen-bond donors (Lipinski definition) is 1. The van der Waals surface area contributed by atoms with E-state index in [1.54, 1.807) is 0 Å². The molecule has 1 aromatic carbocycles. The van der Waals surface area contributed by atoms with Crippen LogP contribution >= 0.6 is 0 Å². The van der Waals surface area contributed by atoms with Crippen molar-refractivity contribution < 1.29 is 4.39 Å². The quantitative estimate of drug-likeness (QED) is 0.903. The first-order valence-corrected chi connectivity index (χ1v) is 7.06. The lowest BCUT2D eigenvalue weighted by molar-refractivity contribution is 0.151. The molecule has 0 bridgehead atoms. The number of nitrogens with zero attached hydrogens (tertiary/aromatic N) is 2. The summed E-state index contributed by atoms with van der Waals surface area (Å²) in [5.74, 6) is 0.410. The van der Waals surface area contributed by atoms with E-state index in [4.69, 9.17) is 5.73 Å². The minimum Gasteiger partial charge on any atom is -0.369 e. The predicted molar refractivity (Wildman–Crippen MR) is 77.9 cm³/mol. The molecule has 0 aromatic heterocycles. The molecule has 19 heavy (non-hydrogen) atoms. The zero-order valence-electron chi connectivity index (χ0n) is 11.8. The average Bonchev–Trinajstić information content (AvgIpc) is 2.41. The van der Waals surface area contributed by atoms with E-state index in [0.717, 1.165) is 31.9 Å². The number of rotatable bonds is 4. The summed E-state index contributed by atoms with van der Waals surface area (Å²) in [6.07, 6.45) is 0. The fraction of sp³-hybridized carbons (Fsp3) is 0.600. The van der Waals surface area contributed by atoms with E-state index in [-0.39, 0.29) is 5.82 Å². The first-order valence-electron chi connectivity index (χ1n) is 7.06. The topological polar surface area (TPSA) is 32.5 Å². The first-order chi connectivity index (χ1) is 9.11. The van der Waals surface area contributed by atoms with Gasteiger partial charge >= 0.3 is 0 Å². The van der Waals surface area contributed by atoms with Crippen LogP contribution in [0, 0.1) is 11.7 Å². The third-order valence-corrected chi connectivity index (χ3v) is 3.99. The summed E-state index contributed by atoms with van der Waals surface area (Å²) in [6.45, 7) is 9.18. The SMILES string of the molecule is CC(C)C(CN)N1CCN(c2ccc(F)cc2)CC1. The van der Waals surface area contributed by atoms with Gasteiger partial charge in [-0.05, 0) is 30.2 Å². The maximum absolute atomic E-state index is 12.9. The third-order valence-electron chi connectivity index (χ3n) is 3.99. The smallest absolute Gasteiger partial charge is 0.123 e. The van der Waals surface area contributed by atoms with Gasteiger partial charge in [0.15, 0.2) is 0 Å². The Balaban J connectivity index is 1.93. The molecule has 1 aliphatic heterocycles. The van der Waals surface area contributed by atoms with Crippen molar-refractivity contribution in [2.75, 3.05) is 37.6 Å². The number of halogens is 1. The number of anilines is 1. The lowest BCUT2D eigenvalue weighted by Crippen LogP contribution is -2.54. The van der Waals surface area contributed by atoms with Crippen LogP contribution in [0.1, 0.15) is 13.8 Å². The standard InChI is InChI=1S/C15H24FN3/c1-12(2)15(11-17)19-9-7-18(8-10-19)14-5-3-13(16)4-6-14/h3-6,12,15H,7-11,17H2,1-2H3. The molecule has 2 rings (SSSR count). The molecule has 106 valence electrons. The van der Waals surface area contributed by atoms with E-state index in [9.17, 15) is 4.39 Å². The second-order valence-corrected chi connectivity index (χ2v) is 5.55. The molecule has 0 amide bonds. The number of nitrogens with two attached hydrogens (primary N) is 1. The molecule has 0 aliphatic carbocycles. The van der Waals surface area contributed by atoms with E-state index in [0.29, 0.717) is 18.5 Å². The molecular weight excluding hydrogens is 241 g/mol. The largest absolute Gasteiger partial charge is 0.369 e. The Kier molecular flexibility index (Phi) is 4.77. The fourth-order valence-electron chi connectivity index (χ4n) is 2.81. The Bertz CT molecular complexity index is 383. The average molecular weight is 265 g/mol. The molecule has 0 saturated carbocycles. The molecule has 1 unspecified atom stereocenters. The van der Waals surface area contributed by atoms with Gasteiger partial charge in [-0.15, -0.1) is 0 Å². The highest BCUT2D eigenvalue weighted by Gasteiger charge is 2.24. The van der Waals surface area contributed by atoms with Crippen LogP contribution < -0.4 is 10.6 Å². The third kappa shape index (κ3) is 3.45. The summed E-state index contributed by atoms with van der Waals surface area (Å²) < 4.78 is 12.9. The fourth-order valence-corrected chi connectivity index (χ4v) is 2.81. The molecule has 2 N–H and O–H groups in total. The van der Waals surface area contributed by atoms with Gasteiger partial charge in [0, 0.05) is 44.5 Å². The van der Waals surface area contributed by atoms with Gasteiger partial charge in [0.05, 0.1) is 0 Å². The highest BCUT2D eigenvalue weighted by molar-refractivity contribution is 5.46. The van der Waals surface area contributed by atoms with Crippen LogP contribution in [0.25, 0.3) is 0 Å². The van der Waals surface area contributed by atoms with E-state index in [2.05, 4.69) is 23.6 Å². The molecule has 1 atom stereocenters. The number of piperazine rings is 1. The van der Waals surface area contributed by atoms with Crippen LogP contribution in [0.3, 0.4) is 0 Å². The molecule has 1 fully saturated rings. The Morgan fingerprint density at radius 2 is 1.68 bits per heavy atom. The molecule has 4 heteroatoms. The minimum absolute atomic E-state index is 0.176. The van der Waals surface area contributed by atoms with Gasteiger partial charge in [-0.25, -0.2) is 4.39 Å². The molecule has 1 aromatic rings. The Morgan fingerprint density at radius 1 is 1.11 bits per heavy atom. The van der Waals surface area contributed by atoms with Crippen molar-refractivity contribution in [2.45, 2.75) is 19.9 Å². The molecule has 1 heterocycles. The molecule has 1 aliphatic rings. The Labute approximate surface area is 115 Å². The summed E-state index contributed by atoms with van der Waals surface area (Å²) >= 11 is 0. The second kappa shape index (κ2) is 6.35. The monoisotopic (exact) mass is 265 g/mol. The van der Waals surface area contributed by atoms with E-state index >= 15 is 0 Å². The van der Waals surface area contributed by atoms with Crippen molar-refractivity contribution in [1.29, 1.82) is 0 Å². The van der Waals surface area contributed by atoms with Gasteiger partial charge in [-0.2, -0.15) is 0 Å². The molecular formula is C15H24FN3. The lowest BCUT2D eigenvalue weighted by Gasteiger charge is -2.41. The summed E-state index contributed by atoms with van der Waals surface area (Å²) in [4.78, 5) is 4.79. The lowest BCUT2D eigenvalue weighted by atomic mass is 10.0. The summed E-state index contributed by atoms with van der Waals surface area (Å²) in [7, 11) is 0. The van der Waals surface area contributed by atoms with Crippen molar-refractivity contribution >= 4 is 5.69 Å². The number of hydrogen-bond acceptors (Lipinski definition) is 3. The van der Waals surface area contributed by atoms with Crippen LogP contribution in [-0.4, -0.2) is 43.7 Å². The van der Waals surface area contributed by atoms with Gasteiger partial charge < -0.3 is 10.6 Å². The Morgan fingerprint density at radius 3 is 2.16 bits per heavy atom. The molecule has 0 radical (unpaired) electrons. The van der Waals surface area contributed by atoms with Gasteiger partial charge in [0.2, 0.25) is 0 Å². The highest BCUT2D eigenvalue weighted by Crippen LogP contribution is 2.19. The van der Waals surface area contributed by atoms with Crippen molar-refractivity contribution in [1.82, 2.24) is 4.90 Å². The zero-order chi connectivity index (χ0) is 13.8. The van der Waals surface area contributed by atoms with Crippen LogP contribution in [0.5, 0.6) is 0 Å². The van der Waals surface area contributed by atoms with E-state index in [1.165, 1.54) is 12.1 Å². The summed E-state index contributed by atoms with van der Waals surface area (Å²) in [5.41, 5.74) is 6.98. The second-order valence-electron chi connectivity index (χ2n) is 5.55. The van der Waals surface area contributed by atoms with Crippen molar-refractivity contribution in [3.05, 3.63) is 30.1 Å². The molecule has 0 spiro atoms. The van der Waals surface area contributed by atoms with Crippen molar-refractivity contribution in [2.24, 2.45) is 11.7 Å². The van der Waals surface area contributed by atoms with Crippen LogP contribution in [0.15, 0.2) is 24.3 Å². The van der Waals surface area contributed by atoms with Crippen LogP contribution in [-0.2, 0) is 0 Å². The number of benzene rings is 1. The zero-order valence-corrected chi connectivity index (χ0v) is 11.8. The predicted octanol–water partition coefficient (Wildman–Crippen LogP) is 1.93. The van der Waals surface area contributed by atoms with E-state index in [1.807, 2.05) is 12.1 Å². The van der Waals surface area contributed by atoms with Gasteiger partial charge in [0.1, 0.15) is 5.82 Å². The maximum Gasteiger partial charge on any atom is 0.123 e. The van der Waals surface area contributed by atoms with Crippen molar-refractivity contribution in [3.8, 4) is 0 Å². The summed E-state index contributed by atoms with van der Waals surface area (Å²) in [6, 6.07) is 7.23. The Hall–Kier alpha value is -1.13. The van der Waals surface area contributed by atoms with Gasteiger partial charge in [-0.3, -0.25) is 4.90 Å². The molecule has 1 saturated heterocycles. The minimum atomic E-state index is -0.176. The first kappa shape index (κ1) is 14.3. The van der Waals surface area contributed by atoms with Crippen molar-refractivity contribution in [3.63, 3.8) is 0 Å². The summed E-state index contributed by atoms with van der Waals surface area (Å²) in [5, 5.41) is 0. The van der Waals surface area contributed by atoms with Gasteiger partial charge in [0.25, 0.3) is 0 Å². The van der Waals surface area contributed by atoms with Crippen LogP contribution in [0.2, 0.25) is 0 Å².